The Balaban J connectivity index is 2.69. The molecule has 2 rings (SSSR count). The average Bonchev–Trinajstić information content (AvgIpc) is 2.33. The minimum absolute atomic E-state index is 0.0436. The van der Waals surface area contributed by atoms with Gasteiger partial charge in [-0.1, -0.05) is 34.8 Å². The van der Waals surface area contributed by atoms with Crippen LogP contribution in [0.2, 0.25) is 15.1 Å². The molecule has 8 heteroatoms. The van der Waals surface area contributed by atoms with E-state index in [2.05, 4.69) is 4.98 Å². The molecule has 0 atom stereocenters. The first-order valence-electron chi connectivity index (χ1n) is 5.08. The Bertz CT molecular complexity index is 674. The monoisotopic (exact) mass is 451 g/mol. The van der Waals surface area contributed by atoms with Gasteiger partial charge in [0.15, 0.2) is 5.69 Å². The van der Waals surface area contributed by atoms with Crippen molar-refractivity contribution in [2.75, 3.05) is 0 Å². The van der Waals surface area contributed by atoms with Crippen molar-refractivity contribution in [2.45, 2.75) is 6.18 Å². The standard InChI is InChI=1S/C12H4Cl3F3IN/c13-7-4-9(15)8(14)3-6(7)5-1-2-20-11(10(5)19)12(16,17)18/h1-4H. The second kappa shape index (κ2) is 5.87. The van der Waals surface area contributed by atoms with Crippen LogP contribution in [-0.4, -0.2) is 4.98 Å². The zero-order valence-electron chi connectivity index (χ0n) is 9.40. The molecule has 0 radical (unpaired) electrons. The van der Waals surface area contributed by atoms with Gasteiger partial charge in [-0.15, -0.1) is 0 Å². The van der Waals surface area contributed by atoms with Gasteiger partial charge in [-0.2, -0.15) is 13.2 Å². The summed E-state index contributed by atoms with van der Waals surface area (Å²) in [7, 11) is 0. The number of hydrogen-bond donors (Lipinski definition) is 0. The number of halogens is 7. The van der Waals surface area contributed by atoms with Gasteiger partial charge >= 0.3 is 6.18 Å². The van der Waals surface area contributed by atoms with Gasteiger partial charge in [0.25, 0.3) is 0 Å². The topological polar surface area (TPSA) is 12.9 Å². The quantitative estimate of drug-likeness (QED) is 0.364. The molecule has 1 nitrogen and oxygen atoms in total. The summed E-state index contributed by atoms with van der Waals surface area (Å²) in [6.07, 6.45) is -3.45. The number of nitrogens with zero attached hydrogens (tertiary/aromatic N) is 1. The van der Waals surface area contributed by atoms with Crippen LogP contribution in [0.1, 0.15) is 5.69 Å². The summed E-state index contributed by atoms with van der Waals surface area (Å²) in [6, 6.07) is 4.27. The molecular formula is C12H4Cl3F3IN. The number of hydrogen-bond acceptors (Lipinski definition) is 1. The summed E-state index contributed by atoms with van der Waals surface area (Å²) >= 11 is 19.3. The Morgan fingerprint density at radius 3 is 2.15 bits per heavy atom. The lowest BCUT2D eigenvalue weighted by atomic mass is 10.1. The fourth-order valence-electron chi connectivity index (χ4n) is 1.58. The van der Waals surface area contributed by atoms with Crippen LogP contribution < -0.4 is 0 Å². The summed E-state index contributed by atoms with van der Waals surface area (Å²) in [4.78, 5) is 3.37. The second-order valence-electron chi connectivity index (χ2n) is 3.77. The smallest absolute Gasteiger partial charge is 0.251 e. The maximum atomic E-state index is 12.8. The van der Waals surface area contributed by atoms with Crippen LogP contribution in [0.3, 0.4) is 0 Å². The third-order valence-corrected chi connectivity index (χ3v) is 4.58. The van der Waals surface area contributed by atoms with Gasteiger partial charge < -0.3 is 0 Å². The van der Waals surface area contributed by atoms with Crippen LogP contribution in [-0.2, 0) is 6.18 Å². The lowest BCUT2D eigenvalue weighted by Gasteiger charge is -2.13. The van der Waals surface area contributed by atoms with E-state index in [0.717, 1.165) is 6.20 Å². The van der Waals surface area contributed by atoms with Crippen LogP contribution in [0.15, 0.2) is 24.4 Å². The molecule has 0 aliphatic heterocycles. The van der Waals surface area contributed by atoms with Gasteiger partial charge in [-0.05, 0) is 40.8 Å². The molecule has 0 unspecified atom stereocenters. The fraction of sp³-hybridized carbons (Fsp3) is 0.0833. The van der Waals surface area contributed by atoms with Crippen molar-refractivity contribution < 1.29 is 13.2 Å². The van der Waals surface area contributed by atoms with Crippen LogP contribution in [0.4, 0.5) is 13.2 Å². The summed E-state index contributed by atoms with van der Waals surface area (Å²) in [5.74, 6) is 0. The highest BCUT2D eigenvalue weighted by atomic mass is 127. The van der Waals surface area contributed by atoms with E-state index in [1.807, 2.05) is 0 Å². The number of aromatic nitrogens is 1. The van der Waals surface area contributed by atoms with E-state index in [1.54, 1.807) is 22.6 Å². The molecule has 0 fully saturated rings. The van der Waals surface area contributed by atoms with Crippen molar-refractivity contribution in [1.29, 1.82) is 0 Å². The molecule has 0 aliphatic carbocycles. The Kier molecular flexibility index (Phi) is 4.73. The van der Waals surface area contributed by atoms with Crippen molar-refractivity contribution in [3.63, 3.8) is 0 Å². The SMILES string of the molecule is FC(F)(F)c1nccc(-c2cc(Cl)c(Cl)cc2Cl)c1I. The molecule has 0 bridgehead atoms. The van der Waals surface area contributed by atoms with Crippen LogP contribution in [0.25, 0.3) is 11.1 Å². The first kappa shape index (κ1) is 16.1. The highest BCUT2D eigenvalue weighted by Gasteiger charge is 2.36. The molecule has 0 saturated heterocycles. The minimum atomic E-state index is -4.53. The van der Waals surface area contributed by atoms with Gasteiger partial charge in [0, 0.05) is 17.3 Å². The van der Waals surface area contributed by atoms with Crippen molar-refractivity contribution in [3.8, 4) is 11.1 Å². The van der Waals surface area contributed by atoms with Crippen LogP contribution in [0, 0.1) is 3.57 Å². The zero-order valence-corrected chi connectivity index (χ0v) is 13.8. The molecule has 0 saturated carbocycles. The molecule has 0 spiro atoms. The summed E-state index contributed by atoms with van der Waals surface area (Å²) < 4.78 is 38.5. The number of rotatable bonds is 1. The Labute approximate surface area is 141 Å². The van der Waals surface area contributed by atoms with E-state index in [-0.39, 0.29) is 18.6 Å². The molecular weight excluding hydrogens is 448 g/mol. The summed E-state index contributed by atoms with van der Waals surface area (Å²) in [6.45, 7) is 0. The first-order chi connectivity index (χ1) is 9.21. The van der Waals surface area contributed by atoms with E-state index in [4.69, 9.17) is 34.8 Å². The molecule has 1 aromatic heterocycles. The Hall–Kier alpha value is -0.240. The van der Waals surface area contributed by atoms with E-state index in [9.17, 15) is 13.2 Å². The average molecular weight is 452 g/mol. The molecule has 2 aromatic rings. The number of alkyl halides is 3. The fourth-order valence-corrected chi connectivity index (χ4v) is 3.14. The van der Waals surface area contributed by atoms with Crippen LogP contribution >= 0.6 is 57.4 Å². The van der Waals surface area contributed by atoms with Gasteiger partial charge in [-0.3, -0.25) is 4.98 Å². The van der Waals surface area contributed by atoms with Gasteiger partial charge in [0.2, 0.25) is 0 Å². The molecule has 0 amide bonds. The lowest BCUT2D eigenvalue weighted by Crippen LogP contribution is -2.11. The van der Waals surface area contributed by atoms with Gasteiger partial charge in [0.05, 0.1) is 18.6 Å². The predicted octanol–water partition coefficient (Wildman–Crippen LogP) is 6.33. The van der Waals surface area contributed by atoms with E-state index >= 15 is 0 Å². The van der Waals surface area contributed by atoms with E-state index < -0.39 is 11.9 Å². The third-order valence-electron chi connectivity index (χ3n) is 2.46. The van der Waals surface area contributed by atoms with Gasteiger partial charge in [0.1, 0.15) is 0 Å². The first-order valence-corrected chi connectivity index (χ1v) is 7.29. The van der Waals surface area contributed by atoms with Crippen molar-refractivity contribution in [2.24, 2.45) is 0 Å². The second-order valence-corrected chi connectivity index (χ2v) is 6.07. The Morgan fingerprint density at radius 1 is 0.950 bits per heavy atom. The Morgan fingerprint density at radius 2 is 1.55 bits per heavy atom. The molecule has 1 aromatic carbocycles. The highest BCUT2D eigenvalue weighted by molar-refractivity contribution is 14.1. The van der Waals surface area contributed by atoms with Gasteiger partial charge in [-0.25, -0.2) is 0 Å². The molecule has 106 valence electrons. The summed E-state index contributed by atoms with van der Waals surface area (Å²) in [5, 5.41) is 0.671. The summed E-state index contributed by atoms with van der Waals surface area (Å²) in [5.41, 5.74) is -0.285. The normalized spacial score (nSPS) is 11.8. The largest absolute Gasteiger partial charge is 0.434 e. The lowest BCUT2D eigenvalue weighted by molar-refractivity contribution is -0.141. The molecule has 0 aliphatic rings. The van der Waals surface area contributed by atoms with Crippen molar-refractivity contribution in [1.82, 2.24) is 4.98 Å². The zero-order chi connectivity index (χ0) is 15.1. The molecule has 0 N–H and O–H groups in total. The van der Waals surface area contributed by atoms with E-state index in [1.165, 1.54) is 18.2 Å². The third kappa shape index (κ3) is 3.16. The van der Waals surface area contributed by atoms with Crippen molar-refractivity contribution >= 4 is 57.4 Å². The van der Waals surface area contributed by atoms with E-state index in [0.29, 0.717) is 11.1 Å². The maximum Gasteiger partial charge on any atom is 0.434 e. The van der Waals surface area contributed by atoms with Crippen LogP contribution in [0.5, 0.6) is 0 Å². The maximum absolute atomic E-state index is 12.8. The predicted molar refractivity (Wildman–Crippen MR) is 82.4 cm³/mol. The number of pyridine rings is 1. The highest BCUT2D eigenvalue weighted by Crippen LogP contribution is 2.40. The van der Waals surface area contributed by atoms with Crippen molar-refractivity contribution in [3.05, 3.63) is 48.7 Å². The number of benzene rings is 1. The molecule has 20 heavy (non-hydrogen) atoms. The molecule has 1 heterocycles. The minimum Gasteiger partial charge on any atom is -0.251 e.